The molecule has 4 N–H and O–H groups in total. The summed E-state index contributed by atoms with van der Waals surface area (Å²) in [4.78, 5) is 4.23. The van der Waals surface area contributed by atoms with Crippen molar-refractivity contribution in [2.75, 3.05) is 6.54 Å². The van der Waals surface area contributed by atoms with Gasteiger partial charge in [0.1, 0.15) is 0 Å². The van der Waals surface area contributed by atoms with Crippen LogP contribution in [0, 0.1) is 0 Å². The summed E-state index contributed by atoms with van der Waals surface area (Å²) >= 11 is 0. The molecule has 1 atom stereocenters. The van der Waals surface area contributed by atoms with Gasteiger partial charge in [-0.1, -0.05) is 18.9 Å². The molecule has 0 bridgehead atoms. The first-order valence-electron chi connectivity index (χ1n) is 5.21. The van der Waals surface area contributed by atoms with Gasteiger partial charge in [0.15, 0.2) is 0 Å². The quantitative estimate of drug-likeness (QED) is 0.674. The standard InChI is InChI=1S/C11H19N3/c12-8-4-1-2-6-10(13)11-7-3-5-9-14-11/h3,5,7,9-10H,1-2,4,6,8,12-13H2/t10-/m1/s1. The number of unbranched alkanes of at least 4 members (excludes halogenated alkanes) is 2. The number of hydrogen-bond donors (Lipinski definition) is 2. The van der Waals surface area contributed by atoms with Crippen LogP contribution in [0.15, 0.2) is 24.4 Å². The minimum atomic E-state index is 0.0778. The molecule has 0 aliphatic rings. The van der Waals surface area contributed by atoms with E-state index in [9.17, 15) is 0 Å². The summed E-state index contributed by atoms with van der Waals surface area (Å²) < 4.78 is 0. The van der Waals surface area contributed by atoms with Gasteiger partial charge in [0, 0.05) is 12.2 Å². The zero-order valence-electron chi connectivity index (χ0n) is 8.52. The van der Waals surface area contributed by atoms with Gasteiger partial charge in [0.25, 0.3) is 0 Å². The molecule has 0 aliphatic carbocycles. The van der Waals surface area contributed by atoms with E-state index < -0.39 is 0 Å². The Labute approximate surface area is 85.5 Å². The van der Waals surface area contributed by atoms with Crippen molar-refractivity contribution in [1.29, 1.82) is 0 Å². The maximum atomic E-state index is 5.98. The molecule has 78 valence electrons. The third kappa shape index (κ3) is 3.85. The van der Waals surface area contributed by atoms with Gasteiger partial charge in [-0.15, -0.1) is 0 Å². The molecule has 0 fully saturated rings. The summed E-state index contributed by atoms with van der Waals surface area (Å²) in [5.41, 5.74) is 12.4. The predicted octanol–water partition coefficient (Wildman–Crippen LogP) is 1.60. The largest absolute Gasteiger partial charge is 0.330 e. The highest BCUT2D eigenvalue weighted by Crippen LogP contribution is 2.14. The van der Waals surface area contributed by atoms with E-state index >= 15 is 0 Å². The Morgan fingerprint density at radius 3 is 2.71 bits per heavy atom. The van der Waals surface area contributed by atoms with E-state index in [0.717, 1.165) is 37.9 Å². The summed E-state index contributed by atoms with van der Waals surface area (Å²) in [5, 5.41) is 0. The van der Waals surface area contributed by atoms with Crippen molar-refractivity contribution in [2.45, 2.75) is 31.7 Å². The van der Waals surface area contributed by atoms with E-state index in [-0.39, 0.29) is 6.04 Å². The van der Waals surface area contributed by atoms with E-state index in [1.54, 1.807) is 6.20 Å². The van der Waals surface area contributed by atoms with Crippen molar-refractivity contribution in [3.05, 3.63) is 30.1 Å². The third-order valence-corrected chi connectivity index (χ3v) is 2.29. The number of pyridine rings is 1. The second-order valence-electron chi connectivity index (χ2n) is 3.50. The van der Waals surface area contributed by atoms with Crippen LogP contribution in [0.1, 0.15) is 37.4 Å². The molecule has 0 radical (unpaired) electrons. The van der Waals surface area contributed by atoms with Crippen LogP contribution in [-0.4, -0.2) is 11.5 Å². The lowest BCUT2D eigenvalue weighted by molar-refractivity contribution is 0.563. The van der Waals surface area contributed by atoms with Gasteiger partial charge in [-0.3, -0.25) is 4.98 Å². The van der Waals surface area contributed by atoms with E-state index in [1.807, 2.05) is 18.2 Å². The minimum absolute atomic E-state index is 0.0778. The second-order valence-corrected chi connectivity index (χ2v) is 3.50. The Bertz CT molecular complexity index is 236. The lowest BCUT2D eigenvalue weighted by atomic mass is 10.1. The van der Waals surface area contributed by atoms with Crippen molar-refractivity contribution >= 4 is 0 Å². The van der Waals surface area contributed by atoms with Crippen molar-refractivity contribution in [1.82, 2.24) is 4.98 Å². The zero-order chi connectivity index (χ0) is 10.2. The fourth-order valence-electron chi connectivity index (χ4n) is 1.43. The lowest BCUT2D eigenvalue weighted by Gasteiger charge is -2.09. The van der Waals surface area contributed by atoms with Gasteiger partial charge in [-0.25, -0.2) is 0 Å². The average molecular weight is 193 g/mol. The summed E-state index contributed by atoms with van der Waals surface area (Å²) in [6, 6.07) is 5.94. The minimum Gasteiger partial charge on any atom is -0.330 e. The second kappa shape index (κ2) is 6.51. The van der Waals surface area contributed by atoms with E-state index in [1.165, 1.54) is 0 Å². The summed E-state index contributed by atoms with van der Waals surface area (Å²) in [7, 11) is 0. The van der Waals surface area contributed by atoms with Gasteiger partial charge < -0.3 is 11.5 Å². The highest BCUT2D eigenvalue weighted by molar-refractivity contribution is 5.07. The third-order valence-electron chi connectivity index (χ3n) is 2.29. The maximum absolute atomic E-state index is 5.98. The highest BCUT2D eigenvalue weighted by Gasteiger charge is 2.05. The molecule has 0 aliphatic heterocycles. The summed E-state index contributed by atoms with van der Waals surface area (Å²) in [5.74, 6) is 0. The molecule has 0 unspecified atom stereocenters. The van der Waals surface area contributed by atoms with Crippen molar-refractivity contribution in [3.8, 4) is 0 Å². The predicted molar refractivity (Wildman–Crippen MR) is 58.7 cm³/mol. The molecule has 1 heterocycles. The Morgan fingerprint density at radius 2 is 2.07 bits per heavy atom. The molecule has 0 saturated carbocycles. The Balaban J connectivity index is 2.25. The summed E-state index contributed by atoms with van der Waals surface area (Å²) in [6.07, 6.45) is 6.17. The zero-order valence-corrected chi connectivity index (χ0v) is 8.52. The van der Waals surface area contributed by atoms with Crippen molar-refractivity contribution < 1.29 is 0 Å². The van der Waals surface area contributed by atoms with Crippen molar-refractivity contribution in [2.24, 2.45) is 11.5 Å². The van der Waals surface area contributed by atoms with Crippen LogP contribution >= 0.6 is 0 Å². The van der Waals surface area contributed by atoms with Crippen LogP contribution in [0.25, 0.3) is 0 Å². The van der Waals surface area contributed by atoms with E-state index in [4.69, 9.17) is 11.5 Å². The molecule has 3 nitrogen and oxygen atoms in total. The van der Waals surface area contributed by atoms with Crippen LogP contribution < -0.4 is 11.5 Å². The van der Waals surface area contributed by atoms with Crippen molar-refractivity contribution in [3.63, 3.8) is 0 Å². The fourth-order valence-corrected chi connectivity index (χ4v) is 1.43. The number of rotatable bonds is 6. The van der Waals surface area contributed by atoms with Crippen LogP contribution in [0.2, 0.25) is 0 Å². The number of nitrogens with two attached hydrogens (primary N) is 2. The van der Waals surface area contributed by atoms with E-state index in [0.29, 0.717) is 0 Å². The van der Waals surface area contributed by atoms with Crippen LogP contribution in [0.4, 0.5) is 0 Å². The Kier molecular flexibility index (Phi) is 5.19. The fraction of sp³-hybridized carbons (Fsp3) is 0.545. The van der Waals surface area contributed by atoms with Crippen LogP contribution in [0.3, 0.4) is 0 Å². The highest BCUT2D eigenvalue weighted by atomic mass is 14.8. The molecule has 14 heavy (non-hydrogen) atoms. The lowest BCUT2D eigenvalue weighted by Crippen LogP contribution is -2.11. The van der Waals surface area contributed by atoms with Gasteiger partial charge in [-0.2, -0.15) is 0 Å². The van der Waals surface area contributed by atoms with Crippen LogP contribution in [-0.2, 0) is 0 Å². The number of hydrogen-bond acceptors (Lipinski definition) is 3. The molecule has 1 aromatic rings. The van der Waals surface area contributed by atoms with Gasteiger partial charge >= 0.3 is 0 Å². The summed E-state index contributed by atoms with van der Waals surface area (Å²) in [6.45, 7) is 0.777. The molecular weight excluding hydrogens is 174 g/mol. The first kappa shape index (κ1) is 11.1. The molecule has 0 amide bonds. The molecule has 0 saturated heterocycles. The normalized spacial score (nSPS) is 12.7. The molecule has 3 heteroatoms. The first-order chi connectivity index (χ1) is 6.84. The van der Waals surface area contributed by atoms with Gasteiger partial charge in [0.2, 0.25) is 0 Å². The SMILES string of the molecule is NCCCCC[C@@H](N)c1ccccn1. The Morgan fingerprint density at radius 1 is 1.21 bits per heavy atom. The average Bonchev–Trinajstić information content (AvgIpc) is 2.25. The number of aromatic nitrogens is 1. The first-order valence-corrected chi connectivity index (χ1v) is 5.21. The maximum Gasteiger partial charge on any atom is 0.0570 e. The monoisotopic (exact) mass is 193 g/mol. The molecule has 1 rings (SSSR count). The smallest absolute Gasteiger partial charge is 0.0570 e. The molecule has 1 aromatic heterocycles. The number of nitrogens with zero attached hydrogens (tertiary/aromatic N) is 1. The van der Waals surface area contributed by atoms with Crippen LogP contribution in [0.5, 0.6) is 0 Å². The van der Waals surface area contributed by atoms with Gasteiger partial charge in [0.05, 0.1) is 5.69 Å². The van der Waals surface area contributed by atoms with E-state index in [2.05, 4.69) is 4.98 Å². The van der Waals surface area contributed by atoms with Gasteiger partial charge in [-0.05, 0) is 31.5 Å². The molecular formula is C11H19N3. The Hall–Kier alpha value is -0.930. The topological polar surface area (TPSA) is 64.9 Å². The molecule has 0 aromatic carbocycles. The molecule has 0 spiro atoms.